The molecule has 2 aromatic rings. The SMILES string of the molecule is CCNc1ncnc(Sc2ccccc2[N+](=O)[O-])c1C. The molecule has 104 valence electrons. The minimum Gasteiger partial charge on any atom is -0.370 e. The molecule has 20 heavy (non-hydrogen) atoms. The first kappa shape index (κ1) is 14.3. The molecule has 0 saturated carbocycles. The largest absolute Gasteiger partial charge is 0.370 e. The van der Waals surface area contributed by atoms with Gasteiger partial charge < -0.3 is 5.32 Å². The van der Waals surface area contributed by atoms with E-state index >= 15 is 0 Å². The van der Waals surface area contributed by atoms with Crippen LogP contribution in [0, 0.1) is 17.0 Å². The molecule has 0 radical (unpaired) electrons. The monoisotopic (exact) mass is 290 g/mol. The zero-order valence-electron chi connectivity index (χ0n) is 11.2. The first-order chi connectivity index (χ1) is 9.63. The van der Waals surface area contributed by atoms with Crippen molar-refractivity contribution in [2.45, 2.75) is 23.8 Å². The summed E-state index contributed by atoms with van der Waals surface area (Å²) in [5, 5.41) is 14.9. The van der Waals surface area contributed by atoms with Gasteiger partial charge in [-0.05, 0) is 19.9 Å². The Morgan fingerprint density at radius 3 is 2.80 bits per heavy atom. The minimum absolute atomic E-state index is 0.0838. The average molecular weight is 290 g/mol. The van der Waals surface area contributed by atoms with E-state index in [1.165, 1.54) is 24.2 Å². The Morgan fingerprint density at radius 2 is 2.10 bits per heavy atom. The fraction of sp³-hybridized carbons (Fsp3) is 0.231. The molecule has 0 unspecified atom stereocenters. The summed E-state index contributed by atoms with van der Waals surface area (Å²) in [5.41, 5.74) is 0.970. The molecule has 0 aliphatic carbocycles. The van der Waals surface area contributed by atoms with Crippen LogP contribution in [0.25, 0.3) is 0 Å². The molecule has 0 bridgehead atoms. The number of nitrogens with one attached hydrogen (secondary N) is 1. The molecule has 0 atom stereocenters. The van der Waals surface area contributed by atoms with Crippen LogP contribution < -0.4 is 5.32 Å². The second-order valence-corrected chi connectivity index (χ2v) is 5.04. The number of rotatable bonds is 5. The number of para-hydroxylation sites is 1. The van der Waals surface area contributed by atoms with Gasteiger partial charge in [0.15, 0.2) is 0 Å². The first-order valence-corrected chi connectivity index (χ1v) is 6.92. The van der Waals surface area contributed by atoms with E-state index < -0.39 is 0 Å². The maximum Gasteiger partial charge on any atom is 0.283 e. The number of nitro benzene ring substituents is 1. The smallest absolute Gasteiger partial charge is 0.283 e. The van der Waals surface area contributed by atoms with Crippen LogP contribution in [0.2, 0.25) is 0 Å². The van der Waals surface area contributed by atoms with E-state index in [2.05, 4.69) is 15.3 Å². The lowest BCUT2D eigenvalue weighted by molar-refractivity contribution is -0.387. The van der Waals surface area contributed by atoms with E-state index in [0.717, 1.165) is 17.9 Å². The molecular formula is C13H14N4O2S. The van der Waals surface area contributed by atoms with Gasteiger partial charge in [-0.2, -0.15) is 0 Å². The number of hydrogen-bond acceptors (Lipinski definition) is 6. The van der Waals surface area contributed by atoms with Gasteiger partial charge in [0.2, 0.25) is 0 Å². The fourth-order valence-corrected chi connectivity index (χ4v) is 2.63. The number of benzene rings is 1. The van der Waals surface area contributed by atoms with Crippen molar-refractivity contribution in [1.82, 2.24) is 9.97 Å². The molecule has 0 fully saturated rings. The number of anilines is 1. The van der Waals surface area contributed by atoms with Crippen molar-refractivity contribution < 1.29 is 4.92 Å². The van der Waals surface area contributed by atoms with Gasteiger partial charge in [-0.3, -0.25) is 10.1 Å². The van der Waals surface area contributed by atoms with Crippen molar-refractivity contribution in [1.29, 1.82) is 0 Å². The second kappa shape index (κ2) is 6.33. The summed E-state index contributed by atoms with van der Waals surface area (Å²) in [4.78, 5) is 19.6. The Labute approximate surface area is 120 Å². The predicted octanol–water partition coefficient (Wildman–Crippen LogP) is 3.28. The van der Waals surface area contributed by atoms with Crippen molar-refractivity contribution in [2.24, 2.45) is 0 Å². The summed E-state index contributed by atoms with van der Waals surface area (Å²) in [6.45, 7) is 4.64. The zero-order chi connectivity index (χ0) is 14.5. The van der Waals surface area contributed by atoms with Crippen molar-refractivity contribution in [3.05, 3.63) is 46.3 Å². The summed E-state index contributed by atoms with van der Waals surface area (Å²) in [7, 11) is 0. The van der Waals surface area contributed by atoms with E-state index in [1.54, 1.807) is 18.2 Å². The summed E-state index contributed by atoms with van der Waals surface area (Å²) < 4.78 is 0. The quantitative estimate of drug-likeness (QED) is 0.517. The van der Waals surface area contributed by atoms with Gasteiger partial charge in [0.25, 0.3) is 5.69 Å². The molecule has 0 aliphatic heterocycles. The molecule has 7 heteroatoms. The van der Waals surface area contributed by atoms with E-state index in [1.807, 2.05) is 13.8 Å². The van der Waals surface area contributed by atoms with Crippen molar-refractivity contribution in [2.75, 3.05) is 11.9 Å². The number of aromatic nitrogens is 2. The van der Waals surface area contributed by atoms with E-state index in [4.69, 9.17) is 0 Å². The lowest BCUT2D eigenvalue weighted by Gasteiger charge is -2.09. The molecule has 0 saturated heterocycles. The van der Waals surface area contributed by atoms with Crippen LogP contribution in [-0.4, -0.2) is 21.4 Å². The van der Waals surface area contributed by atoms with Crippen LogP contribution in [0.3, 0.4) is 0 Å². The minimum atomic E-state index is -0.385. The molecule has 2 rings (SSSR count). The molecule has 1 N–H and O–H groups in total. The van der Waals surface area contributed by atoms with Crippen LogP contribution in [0.5, 0.6) is 0 Å². The molecule has 0 aliphatic rings. The van der Waals surface area contributed by atoms with Crippen LogP contribution >= 0.6 is 11.8 Å². The van der Waals surface area contributed by atoms with E-state index in [9.17, 15) is 10.1 Å². The van der Waals surface area contributed by atoms with Gasteiger partial charge in [0.05, 0.1) is 9.82 Å². The van der Waals surface area contributed by atoms with Gasteiger partial charge in [0.1, 0.15) is 17.2 Å². The second-order valence-electron chi connectivity index (χ2n) is 4.01. The Bertz CT molecular complexity index is 634. The van der Waals surface area contributed by atoms with E-state index in [-0.39, 0.29) is 10.6 Å². The predicted molar refractivity (Wildman–Crippen MR) is 78.2 cm³/mol. The molecule has 1 aromatic carbocycles. The summed E-state index contributed by atoms with van der Waals surface area (Å²) in [6.07, 6.45) is 1.46. The van der Waals surface area contributed by atoms with Gasteiger partial charge in [-0.25, -0.2) is 9.97 Å². The third-order valence-corrected chi connectivity index (χ3v) is 3.82. The molecule has 1 heterocycles. The fourth-order valence-electron chi connectivity index (χ4n) is 1.68. The maximum absolute atomic E-state index is 11.0. The highest BCUT2D eigenvalue weighted by Crippen LogP contribution is 2.35. The highest BCUT2D eigenvalue weighted by atomic mass is 32.2. The maximum atomic E-state index is 11.0. The van der Waals surface area contributed by atoms with Crippen molar-refractivity contribution in [3.8, 4) is 0 Å². The van der Waals surface area contributed by atoms with Crippen LogP contribution in [0.4, 0.5) is 11.5 Å². The molecule has 6 nitrogen and oxygen atoms in total. The van der Waals surface area contributed by atoms with Crippen molar-refractivity contribution in [3.63, 3.8) is 0 Å². The standard InChI is InChI=1S/C13H14N4O2S/c1-3-14-12-9(2)13(16-8-15-12)20-11-7-5-4-6-10(11)17(18)19/h4-8H,3H2,1-2H3,(H,14,15,16). The van der Waals surface area contributed by atoms with Gasteiger partial charge in [0, 0.05) is 18.2 Å². The lowest BCUT2D eigenvalue weighted by atomic mass is 10.3. The Hall–Kier alpha value is -2.15. The number of hydrogen-bond donors (Lipinski definition) is 1. The molecule has 1 aromatic heterocycles. The van der Waals surface area contributed by atoms with Gasteiger partial charge in [-0.1, -0.05) is 23.9 Å². The Morgan fingerprint density at radius 1 is 1.35 bits per heavy atom. The normalized spacial score (nSPS) is 10.3. The Kier molecular flexibility index (Phi) is 4.52. The molecule has 0 spiro atoms. The summed E-state index contributed by atoms with van der Waals surface area (Å²) in [5.74, 6) is 0.753. The highest BCUT2D eigenvalue weighted by Gasteiger charge is 2.16. The van der Waals surface area contributed by atoms with Gasteiger partial charge >= 0.3 is 0 Å². The number of nitro groups is 1. The highest BCUT2D eigenvalue weighted by molar-refractivity contribution is 7.99. The van der Waals surface area contributed by atoms with Crippen LogP contribution in [0.15, 0.2) is 40.5 Å². The third-order valence-electron chi connectivity index (χ3n) is 2.65. The Balaban J connectivity index is 2.36. The molecular weight excluding hydrogens is 276 g/mol. The zero-order valence-corrected chi connectivity index (χ0v) is 12.0. The van der Waals surface area contributed by atoms with Gasteiger partial charge in [-0.15, -0.1) is 0 Å². The van der Waals surface area contributed by atoms with E-state index in [0.29, 0.717) is 9.92 Å². The summed E-state index contributed by atoms with van der Waals surface area (Å²) >= 11 is 1.28. The topological polar surface area (TPSA) is 81.0 Å². The van der Waals surface area contributed by atoms with Crippen LogP contribution in [-0.2, 0) is 0 Å². The number of nitrogens with zero attached hydrogens (tertiary/aromatic N) is 3. The van der Waals surface area contributed by atoms with Crippen molar-refractivity contribution >= 4 is 23.3 Å². The first-order valence-electron chi connectivity index (χ1n) is 6.10. The summed E-state index contributed by atoms with van der Waals surface area (Å²) in [6, 6.07) is 6.64. The van der Waals surface area contributed by atoms with Crippen LogP contribution in [0.1, 0.15) is 12.5 Å². The lowest BCUT2D eigenvalue weighted by Crippen LogP contribution is -2.03. The third kappa shape index (κ3) is 3.05. The average Bonchev–Trinajstić information content (AvgIpc) is 2.44. The molecule has 0 amide bonds.